The van der Waals surface area contributed by atoms with Gasteiger partial charge in [-0.2, -0.15) is 0 Å². The molecule has 0 aliphatic carbocycles. The van der Waals surface area contributed by atoms with Crippen LogP contribution in [0, 0.1) is 6.92 Å². The van der Waals surface area contributed by atoms with Crippen LogP contribution in [-0.2, 0) is 9.53 Å². The van der Waals surface area contributed by atoms with E-state index in [-0.39, 0.29) is 12.0 Å². The maximum Gasteiger partial charge on any atom is 0.263 e. The lowest BCUT2D eigenvalue weighted by Crippen LogP contribution is -2.30. The van der Waals surface area contributed by atoms with Crippen molar-refractivity contribution in [2.75, 3.05) is 4.90 Å². The smallest absolute Gasteiger partial charge is 0.263 e. The molecule has 1 heterocycles. The van der Waals surface area contributed by atoms with Crippen molar-refractivity contribution < 1.29 is 9.53 Å². The quantitative estimate of drug-likeness (QED) is 0.644. The summed E-state index contributed by atoms with van der Waals surface area (Å²) >= 11 is 0. The largest absolute Gasteiger partial charge is 0.354 e. The molecular weight excluding hydrogens is 310 g/mol. The molecule has 0 bridgehead atoms. The first-order valence-electron chi connectivity index (χ1n) is 8.41. The molecule has 0 unspecified atom stereocenters. The van der Waals surface area contributed by atoms with Gasteiger partial charge in [0.1, 0.15) is 6.10 Å². The SMILES string of the molecule is Cc1ccccc1[C@H]1O[C@@H]1C(=O)N(c1ccccc1)c1ccccc1. The number of hydrogen-bond acceptors (Lipinski definition) is 2. The van der Waals surface area contributed by atoms with E-state index in [2.05, 4.69) is 0 Å². The van der Waals surface area contributed by atoms with Crippen LogP contribution < -0.4 is 4.90 Å². The lowest BCUT2D eigenvalue weighted by molar-refractivity contribution is -0.119. The van der Waals surface area contributed by atoms with Gasteiger partial charge >= 0.3 is 0 Å². The Bertz CT molecular complexity index is 837. The topological polar surface area (TPSA) is 32.8 Å². The zero-order chi connectivity index (χ0) is 17.2. The summed E-state index contributed by atoms with van der Waals surface area (Å²) in [5, 5.41) is 0. The van der Waals surface area contributed by atoms with Gasteiger partial charge in [0, 0.05) is 11.4 Å². The Balaban J connectivity index is 1.65. The molecule has 124 valence electrons. The van der Waals surface area contributed by atoms with Crippen LogP contribution >= 0.6 is 0 Å². The fourth-order valence-corrected chi connectivity index (χ4v) is 3.13. The molecular formula is C22H19NO2. The number of ether oxygens (including phenoxy) is 1. The summed E-state index contributed by atoms with van der Waals surface area (Å²) in [4.78, 5) is 14.9. The maximum atomic E-state index is 13.2. The van der Waals surface area contributed by atoms with Crippen molar-refractivity contribution in [3.63, 3.8) is 0 Å². The zero-order valence-electron chi connectivity index (χ0n) is 14.0. The minimum Gasteiger partial charge on any atom is -0.354 e. The van der Waals surface area contributed by atoms with Crippen molar-refractivity contribution >= 4 is 17.3 Å². The number of benzene rings is 3. The number of rotatable bonds is 4. The van der Waals surface area contributed by atoms with Crippen LogP contribution in [0.3, 0.4) is 0 Å². The normalized spacial score (nSPS) is 18.6. The molecule has 0 saturated carbocycles. The molecule has 1 amide bonds. The van der Waals surface area contributed by atoms with E-state index in [1.165, 1.54) is 0 Å². The summed E-state index contributed by atoms with van der Waals surface area (Å²) in [5.74, 6) is -0.0364. The molecule has 3 aromatic rings. The van der Waals surface area contributed by atoms with Crippen molar-refractivity contribution in [3.8, 4) is 0 Å². The summed E-state index contributed by atoms with van der Waals surface area (Å²) < 4.78 is 5.78. The standard InChI is InChI=1S/C22H19NO2/c1-16-10-8-9-15-19(16)20-21(25-20)22(24)23(17-11-4-2-5-12-17)18-13-6-3-7-14-18/h2-15,20-21H,1H3/t20-,21+/m1/s1. The third-order valence-corrected chi connectivity index (χ3v) is 4.48. The minimum absolute atomic E-state index is 0.0364. The van der Waals surface area contributed by atoms with E-state index >= 15 is 0 Å². The summed E-state index contributed by atoms with van der Waals surface area (Å²) in [7, 11) is 0. The molecule has 1 saturated heterocycles. The predicted molar refractivity (Wildman–Crippen MR) is 98.8 cm³/mol. The van der Waals surface area contributed by atoms with Crippen LogP contribution in [0.4, 0.5) is 11.4 Å². The Hall–Kier alpha value is -2.91. The van der Waals surface area contributed by atoms with Crippen molar-refractivity contribution in [2.45, 2.75) is 19.1 Å². The third kappa shape index (κ3) is 3.06. The van der Waals surface area contributed by atoms with Gasteiger partial charge in [-0.05, 0) is 42.3 Å². The summed E-state index contributed by atoms with van der Waals surface area (Å²) in [6.07, 6.45) is -0.606. The Labute approximate surface area is 147 Å². The highest BCUT2D eigenvalue weighted by Gasteiger charge is 2.49. The van der Waals surface area contributed by atoms with E-state index in [1.54, 1.807) is 4.90 Å². The van der Waals surface area contributed by atoms with Crippen LogP contribution in [0.15, 0.2) is 84.9 Å². The minimum atomic E-state index is -0.443. The summed E-state index contributed by atoms with van der Waals surface area (Å²) in [6, 6.07) is 27.5. The molecule has 3 heteroatoms. The number of nitrogens with zero attached hydrogens (tertiary/aromatic N) is 1. The second kappa shape index (κ2) is 6.54. The van der Waals surface area contributed by atoms with E-state index in [1.807, 2.05) is 91.9 Å². The zero-order valence-corrected chi connectivity index (χ0v) is 14.0. The Morgan fingerprint density at radius 2 is 1.32 bits per heavy atom. The first kappa shape index (κ1) is 15.6. The molecule has 0 radical (unpaired) electrons. The van der Waals surface area contributed by atoms with Gasteiger partial charge in [0.15, 0.2) is 6.10 Å². The number of aryl methyl sites for hydroxylation is 1. The molecule has 1 aliphatic rings. The van der Waals surface area contributed by atoms with E-state index in [9.17, 15) is 4.79 Å². The Kier molecular flexibility index (Phi) is 4.08. The van der Waals surface area contributed by atoms with E-state index < -0.39 is 6.10 Å². The molecule has 0 N–H and O–H groups in total. The number of hydrogen-bond donors (Lipinski definition) is 0. The number of carbonyl (C=O) groups excluding carboxylic acids is 1. The number of amides is 1. The van der Waals surface area contributed by atoms with Crippen LogP contribution in [0.1, 0.15) is 17.2 Å². The molecule has 2 atom stereocenters. The highest BCUT2D eigenvalue weighted by molar-refractivity contribution is 6.04. The third-order valence-electron chi connectivity index (χ3n) is 4.48. The van der Waals surface area contributed by atoms with E-state index in [0.29, 0.717) is 0 Å². The molecule has 0 spiro atoms. The number of para-hydroxylation sites is 2. The number of epoxide rings is 1. The van der Waals surface area contributed by atoms with Gasteiger partial charge in [0.05, 0.1) is 0 Å². The second-order valence-electron chi connectivity index (χ2n) is 6.18. The fraction of sp³-hybridized carbons (Fsp3) is 0.136. The van der Waals surface area contributed by atoms with Gasteiger partial charge in [-0.25, -0.2) is 0 Å². The maximum absolute atomic E-state index is 13.2. The highest BCUT2D eigenvalue weighted by atomic mass is 16.6. The molecule has 1 fully saturated rings. The second-order valence-corrected chi connectivity index (χ2v) is 6.18. The molecule has 0 aromatic heterocycles. The molecule has 3 nitrogen and oxygen atoms in total. The molecule has 25 heavy (non-hydrogen) atoms. The van der Waals surface area contributed by atoms with Crippen LogP contribution in [0.25, 0.3) is 0 Å². The number of carbonyl (C=O) groups is 1. The van der Waals surface area contributed by atoms with Gasteiger partial charge in [-0.1, -0.05) is 60.7 Å². The van der Waals surface area contributed by atoms with Crippen molar-refractivity contribution in [1.29, 1.82) is 0 Å². The first-order chi connectivity index (χ1) is 12.3. The van der Waals surface area contributed by atoms with Crippen molar-refractivity contribution in [1.82, 2.24) is 0 Å². The van der Waals surface area contributed by atoms with Crippen LogP contribution in [-0.4, -0.2) is 12.0 Å². The predicted octanol–water partition coefficient (Wildman–Crippen LogP) is 4.80. The molecule has 3 aromatic carbocycles. The Morgan fingerprint density at radius 3 is 1.88 bits per heavy atom. The highest BCUT2D eigenvalue weighted by Crippen LogP contribution is 2.43. The van der Waals surface area contributed by atoms with Gasteiger partial charge in [0.2, 0.25) is 0 Å². The van der Waals surface area contributed by atoms with Gasteiger partial charge in [-0.3, -0.25) is 9.69 Å². The first-order valence-corrected chi connectivity index (χ1v) is 8.41. The van der Waals surface area contributed by atoms with E-state index in [0.717, 1.165) is 22.5 Å². The molecule has 4 rings (SSSR count). The average Bonchev–Trinajstić information content (AvgIpc) is 3.45. The van der Waals surface area contributed by atoms with Crippen LogP contribution in [0.2, 0.25) is 0 Å². The number of anilines is 2. The van der Waals surface area contributed by atoms with Crippen molar-refractivity contribution in [3.05, 3.63) is 96.1 Å². The molecule has 1 aliphatic heterocycles. The van der Waals surface area contributed by atoms with Gasteiger partial charge < -0.3 is 4.74 Å². The summed E-state index contributed by atoms with van der Waals surface area (Å²) in [6.45, 7) is 2.05. The monoisotopic (exact) mass is 329 g/mol. The van der Waals surface area contributed by atoms with Gasteiger partial charge in [-0.15, -0.1) is 0 Å². The fourth-order valence-electron chi connectivity index (χ4n) is 3.13. The van der Waals surface area contributed by atoms with E-state index in [4.69, 9.17) is 4.74 Å². The lowest BCUT2D eigenvalue weighted by atomic mass is 10.0. The lowest BCUT2D eigenvalue weighted by Gasteiger charge is -2.22. The van der Waals surface area contributed by atoms with Gasteiger partial charge in [0.25, 0.3) is 5.91 Å². The van der Waals surface area contributed by atoms with Crippen LogP contribution in [0.5, 0.6) is 0 Å². The van der Waals surface area contributed by atoms with Crippen molar-refractivity contribution in [2.24, 2.45) is 0 Å². The summed E-state index contributed by atoms with van der Waals surface area (Å²) in [5.41, 5.74) is 3.92. The Morgan fingerprint density at radius 1 is 0.800 bits per heavy atom. The average molecular weight is 329 g/mol.